The van der Waals surface area contributed by atoms with Crippen LogP contribution in [0.25, 0.3) is 10.4 Å². The molecule has 2 N–H and O–H groups in total. The van der Waals surface area contributed by atoms with Crippen molar-refractivity contribution in [3.8, 4) is 10.4 Å². The Bertz CT molecular complexity index is 1740. The minimum Gasteiger partial charge on any atom is -0.349 e. The molecular weight excluding hydrogens is 584 g/mol. The van der Waals surface area contributed by atoms with Crippen molar-refractivity contribution in [2.24, 2.45) is 0 Å². The maximum Gasteiger partial charge on any atom is 0.434 e. The van der Waals surface area contributed by atoms with Crippen LogP contribution in [0.2, 0.25) is 0 Å². The average molecular weight is 609 g/mol. The number of carbonyl (C=O) groups excluding carboxylic acids is 3. The predicted octanol–water partition coefficient (Wildman–Crippen LogP) is 6.11. The molecule has 43 heavy (non-hydrogen) atoms. The van der Waals surface area contributed by atoms with Gasteiger partial charge in [0.2, 0.25) is 0 Å². The molecule has 3 heterocycles. The molecule has 0 radical (unpaired) electrons. The summed E-state index contributed by atoms with van der Waals surface area (Å²) in [6.45, 7) is 0.228. The molecule has 2 aliphatic carbocycles. The lowest BCUT2D eigenvalue weighted by molar-refractivity contribution is -0.141. The molecule has 1 aliphatic heterocycles. The molecule has 3 aliphatic rings. The number of aromatic nitrogens is 1. The number of nitrogens with zero attached hydrogens (tertiary/aromatic N) is 2. The van der Waals surface area contributed by atoms with Crippen LogP contribution in [-0.2, 0) is 17.4 Å². The normalized spacial score (nSPS) is 16.5. The van der Waals surface area contributed by atoms with E-state index in [4.69, 9.17) is 0 Å². The average Bonchev–Trinajstić information content (AvgIpc) is 3.75. The van der Waals surface area contributed by atoms with E-state index in [2.05, 4.69) is 15.6 Å². The smallest absolute Gasteiger partial charge is 0.349 e. The van der Waals surface area contributed by atoms with Gasteiger partial charge < -0.3 is 15.5 Å². The number of thiophene rings is 1. The van der Waals surface area contributed by atoms with Gasteiger partial charge in [-0.2, -0.15) is 13.2 Å². The number of hydrogen-bond donors (Lipinski definition) is 2. The minimum atomic E-state index is -4.86. The maximum atomic E-state index is 15.5. The number of benzene rings is 1. The van der Waals surface area contributed by atoms with E-state index in [1.807, 2.05) is 18.2 Å². The van der Waals surface area contributed by atoms with Gasteiger partial charge in [-0.15, -0.1) is 11.3 Å². The van der Waals surface area contributed by atoms with Crippen molar-refractivity contribution in [1.82, 2.24) is 15.6 Å². The number of allylic oxidation sites excluding steroid dienone is 3. The molecule has 6 rings (SSSR count). The molecule has 0 bridgehead atoms. The Morgan fingerprint density at radius 2 is 1.81 bits per heavy atom. The fourth-order valence-corrected chi connectivity index (χ4v) is 6.16. The summed E-state index contributed by atoms with van der Waals surface area (Å²) >= 11 is 1.36. The van der Waals surface area contributed by atoms with Crippen LogP contribution in [0, 0.1) is 0 Å². The van der Waals surface area contributed by atoms with E-state index < -0.39 is 35.1 Å². The standard InChI is InChI=1S/C31H24F4N4O3S/c32-23-16-19(38-28(40)22-8-4-13-36-27(22)31(33,34)35)5-3-7-20(23)30(42)39-14-12-17-15-25(29(41)37-18-10-11-18)43-26(17)21-6-1-2-9-24(21)39/h1-2,4-9,13,15-16,18H,3,10-12,14H2,(H,37,41)(H,38,40). The lowest BCUT2D eigenvalue weighted by atomic mass is 10.1. The summed E-state index contributed by atoms with van der Waals surface area (Å²) < 4.78 is 55.5. The highest BCUT2D eigenvalue weighted by Gasteiger charge is 2.37. The first-order valence-corrected chi connectivity index (χ1v) is 14.4. The zero-order valence-electron chi connectivity index (χ0n) is 22.5. The summed E-state index contributed by atoms with van der Waals surface area (Å²) in [5, 5.41) is 5.30. The van der Waals surface area contributed by atoms with Crippen LogP contribution in [-0.4, -0.2) is 35.3 Å². The van der Waals surface area contributed by atoms with Crippen LogP contribution < -0.4 is 15.5 Å². The summed E-state index contributed by atoms with van der Waals surface area (Å²) in [6, 6.07) is 11.5. The van der Waals surface area contributed by atoms with Crippen molar-refractivity contribution < 1.29 is 31.9 Å². The molecule has 3 amide bonds. The molecule has 220 valence electrons. The number of pyridine rings is 1. The third kappa shape index (κ3) is 5.87. The van der Waals surface area contributed by atoms with E-state index in [1.54, 1.807) is 12.1 Å². The second-order valence-corrected chi connectivity index (χ2v) is 11.3. The van der Waals surface area contributed by atoms with Gasteiger partial charge in [0.25, 0.3) is 17.7 Å². The zero-order chi connectivity index (χ0) is 30.3. The monoisotopic (exact) mass is 608 g/mol. The highest BCUT2D eigenvalue weighted by Crippen LogP contribution is 2.42. The van der Waals surface area contributed by atoms with Gasteiger partial charge >= 0.3 is 6.18 Å². The number of para-hydroxylation sites is 1. The number of halogens is 4. The Labute approximate surface area is 247 Å². The molecule has 12 heteroatoms. The van der Waals surface area contributed by atoms with E-state index in [-0.39, 0.29) is 36.2 Å². The van der Waals surface area contributed by atoms with Crippen LogP contribution in [0.3, 0.4) is 0 Å². The number of fused-ring (bicyclic) bond motifs is 3. The number of anilines is 1. The molecule has 0 unspecified atom stereocenters. The molecule has 2 aromatic heterocycles. The highest BCUT2D eigenvalue weighted by molar-refractivity contribution is 7.17. The summed E-state index contributed by atoms with van der Waals surface area (Å²) in [4.78, 5) is 45.4. The van der Waals surface area contributed by atoms with Crippen LogP contribution in [0.15, 0.2) is 84.0 Å². The molecular formula is C31H24F4N4O3S. The molecule has 3 aromatic rings. The number of carbonyl (C=O) groups is 3. The van der Waals surface area contributed by atoms with E-state index in [9.17, 15) is 27.6 Å². The highest BCUT2D eigenvalue weighted by atomic mass is 32.1. The van der Waals surface area contributed by atoms with E-state index in [1.165, 1.54) is 34.5 Å². The lowest BCUT2D eigenvalue weighted by Crippen LogP contribution is -2.34. The first kappa shape index (κ1) is 28.5. The summed E-state index contributed by atoms with van der Waals surface area (Å²) in [5.41, 5.74) is -0.154. The van der Waals surface area contributed by atoms with Gasteiger partial charge in [-0.25, -0.2) is 4.39 Å². The number of alkyl halides is 3. The van der Waals surface area contributed by atoms with E-state index in [0.717, 1.165) is 47.2 Å². The Morgan fingerprint density at radius 1 is 1.02 bits per heavy atom. The third-order valence-corrected chi connectivity index (χ3v) is 8.45. The first-order valence-electron chi connectivity index (χ1n) is 13.6. The molecule has 0 atom stereocenters. The Kier molecular flexibility index (Phi) is 7.47. The predicted molar refractivity (Wildman–Crippen MR) is 153 cm³/mol. The molecule has 0 spiro atoms. The largest absolute Gasteiger partial charge is 0.434 e. The fourth-order valence-electron chi connectivity index (χ4n) is 5.01. The van der Waals surface area contributed by atoms with Crippen molar-refractivity contribution in [3.05, 3.63) is 106 Å². The summed E-state index contributed by atoms with van der Waals surface area (Å²) in [6.07, 6.45) is 2.21. The van der Waals surface area contributed by atoms with Gasteiger partial charge in [0.15, 0.2) is 5.69 Å². The number of amides is 3. The van der Waals surface area contributed by atoms with Gasteiger partial charge in [0, 0.05) is 34.9 Å². The zero-order valence-corrected chi connectivity index (χ0v) is 23.3. The maximum absolute atomic E-state index is 15.5. The third-order valence-electron chi connectivity index (χ3n) is 7.24. The van der Waals surface area contributed by atoms with E-state index >= 15 is 4.39 Å². The molecule has 0 saturated heterocycles. The summed E-state index contributed by atoms with van der Waals surface area (Å²) in [5.74, 6) is -2.76. The van der Waals surface area contributed by atoms with Gasteiger partial charge in [0.1, 0.15) is 5.83 Å². The van der Waals surface area contributed by atoms with Crippen LogP contribution in [0.4, 0.5) is 23.2 Å². The Balaban J connectivity index is 1.23. The number of rotatable bonds is 5. The lowest BCUT2D eigenvalue weighted by Gasteiger charge is -2.24. The second kappa shape index (κ2) is 11.3. The van der Waals surface area contributed by atoms with Crippen molar-refractivity contribution in [2.45, 2.75) is 37.9 Å². The Morgan fingerprint density at radius 3 is 2.58 bits per heavy atom. The minimum absolute atomic E-state index is 0.0437. The topological polar surface area (TPSA) is 91.4 Å². The van der Waals surface area contributed by atoms with Crippen LogP contribution in [0.5, 0.6) is 0 Å². The Hall–Kier alpha value is -4.58. The van der Waals surface area contributed by atoms with Crippen molar-refractivity contribution in [3.63, 3.8) is 0 Å². The van der Waals surface area contributed by atoms with Crippen molar-refractivity contribution in [1.29, 1.82) is 0 Å². The molecule has 1 fully saturated rings. The molecule has 7 nitrogen and oxygen atoms in total. The van der Waals surface area contributed by atoms with Gasteiger partial charge in [-0.1, -0.05) is 30.4 Å². The molecule has 1 saturated carbocycles. The fraction of sp³-hybridized carbons (Fsp3) is 0.226. The molecule has 1 aromatic carbocycles. The quantitative estimate of drug-likeness (QED) is 0.342. The van der Waals surface area contributed by atoms with Crippen LogP contribution >= 0.6 is 11.3 Å². The number of nitrogens with one attached hydrogen (secondary N) is 2. The van der Waals surface area contributed by atoms with Crippen molar-refractivity contribution >= 4 is 34.7 Å². The van der Waals surface area contributed by atoms with Crippen molar-refractivity contribution in [2.75, 3.05) is 11.4 Å². The summed E-state index contributed by atoms with van der Waals surface area (Å²) in [7, 11) is 0. The first-order chi connectivity index (χ1) is 20.6. The van der Waals surface area contributed by atoms with Gasteiger partial charge in [-0.3, -0.25) is 19.4 Å². The van der Waals surface area contributed by atoms with Gasteiger partial charge in [0.05, 0.1) is 21.7 Å². The second-order valence-electron chi connectivity index (χ2n) is 10.3. The van der Waals surface area contributed by atoms with E-state index in [0.29, 0.717) is 17.0 Å². The number of hydrogen-bond acceptors (Lipinski definition) is 5. The SMILES string of the molecule is O=C(NC1CC1)c1cc2c(s1)-c1ccccc1N(C(=O)C1=CCC=C(NC(=O)c3cccnc3C(F)(F)F)C=C1F)CC2. The van der Waals surface area contributed by atoms with Gasteiger partial charge in [-0.05, 0) is 61.6 Å². The van der Waals surface area contributed by atoms with Crippen LogP contribution in [0.1, 0.15) is 50.5 Å².